The molecule has 0 saturated carbocycles. The molecule has 0 aromatic heterocycles. The Labute approximate surface area is 161 Å². The first-order chi connectivity index (χ1) is 12.7. The molecule has 0 aliphatic heterocycles. The van der Waals surface area contributed by atoms with E-state index in [4.69, 9.17) is 11.6 Å². The van der Waals surface area contributed by atoms with Gasteiger partial charge in [-0.3, -0.25) is 0 Å². The van der Waals surface area contributed by atoms with Crippen LogP contribution in [0.5, 0.6) is 0 Å². The van der Waals surface area contributed by atoms with E-state index in [1.165, 1.54) is 16.7 Å². The zero-order chi connectivity index (χ0) is 18.8. The molecule has 0 N–H and O–H groups in total. The van der Waals surface area contributed by atoms with Crippen LogP contribution in [0.3, 0.4) is 0 Å². The fourth-order valence-corrected chi connectivity index (χ4v) is 2.66. The first-order valence-electron chi connectivity index (χ1n) is 8.52. The van der Waals surface area contributed by atoms with Gasteiger partial charge in [-0.2, -0.15) is 0 Å². The van der Waals surface area contributed by atoms with Gasteiger partial charge in [0.15, 0.2) is 5.84 Å². The molecule has 0 aliphatic carbocycles. The van der Waals surface area contributed by atoms with Gasteiger partial charge in [-0.05, 0) is 49.8 Å². The summed E-state index contributed by atoms with van der Waals surface area (Å²) in [5.41, 5.74) is 4.47. The maximum atomic E-state index is 6.27. The lowest BCUT2D eigenvalue weighted by molar-refractivity contribution is 1.24. The predicted octanol–water partition coefficient (Wildman–Crippen LogP) is 6.44. The van der Waals surface area contributed by atoms with Crippen molar-refractivity contribution in [3.05, 3.63) is 101 Å². The monoisotopic (exact) mass is 362 g/mol. The number of hydrogen-bond donors (Lipinski definition) is 0. The van der Waals surface area contributed by atoms with Gasteiger partial charge >= 0.3 is 0 Å². The highest BCUT2D eigenvalue weighted by molar-refractivity contribution is 6.30. The summed E-state index contributed by atoms with van der Waals surface area (Å²) in [5, 5.41) is 0.406. The summed E-state index contributed by atoms with van der Waals surface area (Å²) in [6.45, 7) is 7.64. The number of nitrogens with zero attached hydrogens (tertiary/aromatic N) is 2. The van der Waals surface area contributed by atoms with Crippen molar-refractivity contribution in [2.24, 2.45) is 9.98 Å². The first kappa shape index (κ1) is 19.6. The van der Waals surface area contributed by atoms with E-state index in [1.54, 1.807) is 0 Å². The molecule has 0 aliphatic rings. The molecule has 0 unspecified atom stereocenters. The van der Waals surface area contributed by atoms with Crippen LogP contribution in [0.4, 0.5) is 0 Å². The van der Waals surface area contributed by atoms with Crippen LogP contribution in [0.2, 0.25) is 0 Å². The van der Waals surface area contributed by atoms with Crippen molar-refractivity contribution in [2.45, 2.75) is 20.3 Å². The Morgan fingerprint density at radius 1 is 1.00 bits per heavy atom. The van der Waals surface area contributed by atoms with Crippen LogP contribution in [-0.4, -0.2) is 12.6 Å². The number of rotatable bonds is 6. The highest BCUT2D eigenvalue weighted by Gasteiger charge is 2.01. The van der Waals surface area contributed by atoms with Crippen LogP contribution in [-0.2, 0) is 6.42 Å². The zero-order valence-corrected chi connectivity index (χ0v) is 15.9. The SMILES string of the molecule is C=N/C(=N\C(Cl)=C/Cc1ccc(C(/C=C\C)=C/C)cc1)c1ccccc1. The molecule has 0 radical (unpaired) electrons. The number of amidine groups is 1. The molecule has 2 aromatic carbocycles. The van der Waals surface area contributed by atoms with Crippen LogP contribution < -0.4 is 0 Å². The molecule has 0 fully saturated rings. The summed E-state index contributed by atoms with van der Waals surface area (Å²) in [6.07, 6.45) is 8.84. The van der Waals surface area contributed by atoms with Crippen LogP contribution in [0.1, 0.15) is 30.5 Å². The molecule has 2 rings (SSSR count). The topological polar surface area (TPSA) is 24.7 Å². The molecule has 0 saturated heterocycles. The van der Waals surface area contributed by atoms with Gasteiger partial charge < -0.3 is 0 Å². The average molecular weight is 363 g/mol. The summed E-state index contributed by atoms with van der Waals surface area (Å²) >= 11 is 6.27. The number of aliphatic imine (C=N–C) groups is 2. The van der Waals surface area contributed by atoms with Crippen LogP contribution >= 0.6 is 11.6 Å². The van der Waals surface area contributed by atoms with E-state index >= 15 is 0 Å². The molecule has 3 heteroatoms. The van der Waals surface area contributed by atoms with Crippen molar-refractivity contribution in [1.82, 2.24) is 0 Å². The lowest BCUT2D eigenvalue weighted by atomic mass is 10.0. The molecular formula is C23H23ClN2. The van der Waals surface area contributed by atoms with Crippen molar-refractivity contribution >= 4 is 29.7 Å². The van der Waals surface area contributed by atoms with Crippen molar-refractivity contribution in [3.63, 3.8) is 0 Å². The van der Waals surface area contributed by atoms with Gasteiger partial charge in [0.25, 0.3) is 0 Å². The van der Waals surface area contributed by atoms with Gasteiger partial charge in [-0.1, -0.05) is 84.4 Å². The molecule has 2 nitrogen and oxygen atoms in total. The van der Waals surface area contributed by atoms with Crippen molar-refractivity contribution in [1.29, 1.82) is 0 Å². The Morgan fingerprint density at radius 2 is 1.69 bits per heavy atom. The first-order valence-corrected chi connectivity index (χ1v) is 8.90. The van der Waals surface area contributed by atoms with Crippen LogP contribution in [0, 0.1) is 0 Å². The summed E-state index contributed by atoms with van der Waals surface area (Å²) in [6, 6.07) is 18.1. The maximum absolute atomic E-state index is 6.27. The Morgan fingerprint density at radius 3 is 2.27 bits per heavy atom. The second kappa shape index (κ2) is 10.3. The van der Waals surface area contributed by atoms with Gasteiger partial charge in [0, 0.05) is 5.56 Å². The van der Waals surface area contributed by atoms with Crippen LogP contribution in [0.15, 0.2) is 94.0 Å². The van der Waals surface area contributed by atoms with Gasteiger partial charge in [0.2, 0.25) is 0 Å². The fraction of sp³-hybridized carbons (Fsp3) is 0.130. The van der Waals surface area contributed by atoms with Gasteiger partial charge in [-0.25, -0.2) is 9.98 Å². The molecule has 0 bridgehead atoms. The van der Waals surface area contributed by atoms with Crippen molar-refractivity contribution in [3.8, 4) is 0 Å². The van der Waals surface area contributed by atoms with E-state index in [-0.39, 0.29) is 0 Å². The molecule has 0 spiro atoms. The summed E-state index contributed by atoms with van der Waals surface area (Å²) in [4.78, 5) is 8.33. The van der Waals surface area contributed by atoms with Crippen molar-refractivity contribution in [2.75, 3.05) is 0 Å². The van der Waals surface area contributed by atoms with E-state index < -0.39 is 0 Å². The smallest absolute Gasteiger partial charge is 0.160 e. The predicted molar refractivity (Wildman–Crippen MR) is 115 cm³/mol. The minimum atomic E-state index is 0.406. The third-order valence-corrected chi connectivity index (χ3v) is 4.08. The minimum absolute atomic E-state index is 0.406. The summed E-state index contributed by atoms with van der Waals surface area (Å²) < 4.78 is 0. The van der Waals surface area contributed by atoms with E-state index in [1.807, 2.05) is 56.3 Å². The molecule has 26 heavy (non-hydrogen) atoms. The number of halogens is 1. The Balaban J connectivity index is 2.11. The molecule has 2 aromatic rings. The molecular weight excluding hydrogens is 340 g/mol. The number of allylic oxidation sites excluding steroid dienone is 5. The minimum Gasteiger partial charge on any atom is -0.245 e. The molecule has 132 valence electrons. The lowest BCUT2D eigenvalue weighted by Crippen LogP contribution is -1.96. The third kappa shape index (κ3) is 5.68. The Hall–Kier alpha value is -2.71. The van der Waals surface area contributed by atoms with E-state index in [0.717, 1.165) is 5.56 Å². The van der Waals surface area contributed by atoms with Gasteiger partial charge in [0.05, 0.1) is 0 Å². The molecule has 0 atom stereocenters. The molecule has 0 amide bonds. The summed E-state index contributed by atoms with van der Waals surface area (Å²) in [5.74, 6) is 0.520. The van der Waals surface area contributed by atoms with Crippen molar-refractivity contribution < 1.29 is 0 Å². The fourth-order valence-electron chi connectivity index (χ4n) is 2.50. The largest absolute Gasteiger partial charge is 0.245 e. The molecule has 0 heterocycles. The Kier molecular flexibility index (Phi) is 7.78. The second-order valence-corrected chi connectivity index (χ2v) is 6.02. The maximum Gasteiger partial charge on any atom is 0.160 e. The average Bonchev–Trinajstić information content (AvgIpc) is 2.69. The van der Waals surface area contributed by atoms with Crippen LogP contribution in [0.25, 0.3) is 5.57 Å². The standard InChI is InChI=1S/C23H23ClN2/c1-4-9-19(5-2)20-15-12-18(13-16-20)14-17-22(24)26-23(25-3)21-10-7-6-8-11-21/h4-13,15-17H,3,14H2,1-2H3/b9-4-,19-5+,22-17-,26-23-. The highest BCUT2D eigenvalue weighted by Crippen LogP contribution is 2.18. The van der Waals surface area contributed by atoms with Gasteiger partial charge in [0.1, 0.15) is 5.16 Å². The van der Waals surface area contributed by atoms with E-state index in [9.17, 15) is 0 Å². The second-order valence-electron chi connectivity index (χ2n) is 5.63. The quantitative estimate of drug-likeness (QED) is 0.244. The normalized spacial score (nSPS) is 13.3. The zero-order valence-electron chi connectivity index (χ0n) is 15.2. The number of benzene rings is 2. The van der Waals surface area contributed by atoms with E-state index in [2.05, 4.69) is 53.1 Å². The summed E-state index contributed by atoms with van der Waals surface area (Å²) in [7, 11) is 0. The number of hydrogen-bond acceptors (Lipinski definition) is 1. The van der Waals surface area contributed by atoms with Gasteiger partial charge in [-0.15, -0.1) is 0 Å². The van der Waals surface area contributed by atoms with E-state index in [0.29, 0.717) is 17.4 Å². The third-order valence-electron chi connectivity index (χ3n) is 3.85. The Bertz CT molecular complexity index is 842. The lowest BCUT2D eigenvalue weighted by Gasteiger charge is -2.04. The highest BCUT2D eigenvalue weighted by atomic mass is 35.5.